The number of halogens is 1. The lowest BCUT2D eigenvalue weighted by atomic mass is 10.1. The molecule has 1 heterocycles. The van der Waals surface area contributed by atoms with Crippen LogP contribution in [0.1, 0.15) is 37.4 Å². The molecule has 0 aromatic heterocycles. The number of nitrogens with zero attached hydrogens (tertiary/aromatic N) is 1. The molecule has 0 saturated heterocycles. The predicted octanol–water partition coefficient (Wildman–Crippen LogP) is 4.89. The lowest BCUT2D eigenvalue weighted by Gasteiger charge is -2.18. The summed E-state index contributed by atoms with van der Waals surface area (Å²) in [4.78, 5) is 27.1. The van der Waals surface area contributed by atoms with Crippen LogP contribution in [0.4, 0.5) is 5.69 Å². The van der Waals surface area contributed by atoms with Gasteiger partial charge in [-0.1, -0.05) is 45.8 Å². The molecule has 1 aliphatic rings. The number of anilines is 1. The van der Waals surface area contributed by atoms with Gasteiger partial charge in [0.1, 0.15) is 0 Å². The van der Waals surface area contributed by atoms with Crippen LogP contribution in [-0.2, 0) is 13.0 Å². The van der Waals surface area contributed by atoms with Crippen molar-refractivity contribution in [3.8, 4) is 0 Å². The number of nitrogens with one attached hydrogen (secondary N) is 1. The van der Waals surface area contributed by atoms with E-state index in [0.717, 1.165) is 33.3 Å². The van der Waals surface area contributed by atoms with Gasteiger partial charge in [0.15, 0.2) is 0 Å². The molecular weight excluding hydrogens is 428 g/mol. The molecule has 0 bridgehead atoms. The number of aryl methyl sites for hydroxylation is 1. The van der Waals surface area contributed by atoms with Crippen LogP contribution in [0.3, 0.4) is 0 Å². The van der Waals surface area contributed by atoms with Crippen molar-refractivity contribution in [1.29, 1.82) is 0 Å². The van der Waals surface area contributed by atoms with Gasteiger partial charge >= 0.3 is 0 Å². The minimum Gasteiger partial charge on any atom is -0.348 e. The molecule has 0 fully saturated rings. The fourth-order valence-electron chi connectivity index (χ4n) is 3.60. The minimum atomic E-state index is -0.103. The molecule has 1 aliphatic heterocycles. The summed E-state index contributed by atoms with van der Waals surface area (Å²) in [5.74, 6) is -0.0713. The van der Waals surface area contributed by atoms with Crippen LogP contribution < -0.4 is 10.2 Å². The molecule has 5 heteroatoms. The van der Waals surface area contributed by atoms with Crippen molar-refractivity contribution >= 4 is 33.4 Å². The lowest BCUT2D eigenvalue weighted by Crippen LogP contribution is -2.28. The van der Waals surface area contributed by atoms with E-state index in [0.29, 0.717) is 24.2 Å². The SMILES string of the molecule is Cc1cccc(C(=O)N2CCc3cc(CNC(=O)c4ccc(Br)cc4)ccc32)c1. The molecule has 2 amide bonds. The van der Waals surface area contributed by atoms with E-state index >= 15 is 0 Å². The third kappa shape index (κ3) is 4.25. The second kappa shape index (κ2) is 8.21. The molecule has 0 spiro atoms. The van der Waals surface area contributed by atoms with Gasteiger partial charge in [-0.15, -0.1) is 0 Å². The molecule has 0 saturated carbocycles. The van der Waals surface area contributed by atoms with Gasteiger partial charge in [0.25, 0.3) is 11.8 Å². The molecule has 4 rings (SSSR count). The molecule has 3 aromatic rings. The van der Waals surface area contributed by atoms with Crippen LogP contribution in [0.2, 0.25) is 0 Å². The number of hydrogen-bond donors (Lipinski definition) is 1. The number of benzene rings is 3. The average Bonchev–Trinajstić information content (AvgIpc) is 3.15. The van der Waals surface area contributed by atoms with E-state index in [1.165, 1.54) is 0 Å². The Labute approximate surface area is 178 Å². The third-order valence-electron chi connectivity index (χ3n) is 5.11. The summed E-state index contributed by atoms with van der Waals surface area (Å²) < 4.78 is 0.942. The van der Waals surface area contributed by atoms with Crippen molar-refractivity contribution in [3.05, 3.63) is 99.0 Å². The Morgan fingerprint density at radius 2 is 1.79 bits per heavy atom. The minimum absolute atomic E-state index is 0.0312. The number of carbonyl (C=O) groups excluding carboxylic acids is 2. The molecule has 146 valence electrons. The van der Waals surface area contributed by atoms with Crippen LogP contribution in [0.25, 0.3) is 0 Å². The molecular formula is C24H21BrN2O2. The van der Waals surface area contributed by atoms with E-state index in [1.807, 2.05) is 60.4 Å². The van der Waals surface area contributed by atoms with Crippen molar-refractivity contribution in [2.45, 2.75) is 19.9 Å². The summed E-state index contributed by atoms with van der Waals surface area (Å²) in [7, 11) is 0. The maximum atomic E-state index is 12.9. The number of hydrogen-bond acceptors (Lipinski definition) is 2. The highest BCUT2D eigenvalue weighted by Crippen LogP contribution is 2.30. The average molecular weight is 449 g/mol. The van der Waals surface area contributed by atoms with E-state index in [9.17, 15) is 9.59 Å². The van der Waals surface area contributed by atoms with Crippen LogP contribution in [0, 0.1) is 6.92 Å². The number of amides is 2. The fourth-order valence-corrected chi connectivity index (χ4v) is 3.86. The number of fused-ring (bicyclic) bond motifs is 1. The highest BCUT2D eigenvalue weighted by Gasteiger charge is 2.25. The second-order valence-corrected chi connectivity index (χ2v) is 8.14. The van der Waals surface area contributed by atoms with Crippen molar-refractivity contribution in [2.75, 3.05) is 11.4 Å². The van der Waals surface area contributed by atoms with E-state index in [4.69, 9.17) is 0 Å². The smallest absolute Gasteiger partial charge is 0.258 e. The highest BCUT2D eigenvalue weighted by atomic mass is 79.9. The summed E-state index contributed by atoms with van der Waals surface area (Å²) in [6.07, 6.45) is 0.821. The molecule has 1 N–H and O–H groups in total. The Bertz CT molecular complexity index is 1080. The summed E-state index contributed by atoms with van der Waals surface area (Å²) in [5.41, 5.74) is 5.54. The van der Waals surface area contributed by atoms with Gasteiger partial charge in [-0.3, -0.25) is 9.59 Å². The highest BCUT2D eigenvalue weighted by molar-refractivity contribution is 9.10. The Balaban J connectivity index is 1.45. The van der Waals surface area contributed by atoms with Crippen LogP contribution in [0.15, 0.2) is 71.2 Å². The number of carbonyl (C=O) groups is 2. The normalized spacial score (nSPS) is 12.6. The first-order chi connectivity index (χ1) is 14.0. The fraction of sp³-hybridized carbons (Fsp3) is 0.167. The first kappa shape index (κ1) is 19.4. The van der Waals surface area contributed by atoms with Gasteiger partial charge in [0.05, 0.1) is 0 Å². The van der Waals surface area contributed by atoms with Gasteiger partial charge in [-0.2, -0.15) is 0 Å². The lowest BCUT2D eigenvalue weighted by molar-refractivity contribution is 0.0949. The van der Waals surface area contributed by atoms with Crippen LogP contribution in [0.5, 0.6) is 0 Å². The maximum Gasteiger partial charge on any atom is 0.258 e. The Hall–Kier alpha value is -2.92. The maximum absolute atomic E-state index is 12.9. The topological polar surface area (TPSA) is 49.4 Å². The second-order valence-electron chi connectivity index (χ2n) is 7.23. The van der Waals surface area contributed by atoms with Crippen LogP contribution in [-0.4, -0.2) is 18.4 Å². The van der Waals surface area contributed by atoms with Crippen molar-refractivity contribution in [1.82, 2.24) is 5.32 Å². The Kier molecular flexibility index (Phi) is 5.49. The summed E-state index contributed by atoms with van der Waals surface area (Å²) in [6, 6.07) is 21.0. The summed E-state index contributed by atoms with van der Waals surface area (Å²) in [6.45, 7) is 3.12. The zero-order valence-electron chi connectivity index (χ0n) is 16.1. The van der Waals surface area contributed by atoms with E-state index in [2.05, 4.69) is 27.3 Å². The molecule has 29 heavy (non-hydrogen) atoms. The molecule has 0 radical (unpaired) electrons. The number of rotatable bonds is 4. The van der Waals surface area contributed by atoms with Gasteiger partial charge in [-0.05, 0) is 66.9 Å². The van der Waals surface area contributed by atoms with E-state index in [1.54, 1.807) is 12.1 Å². The molecule has 4 nitrogen and oxygen atoms in total. The zero-order chi connectivity index (χ0) is 20.4. The van der Waals surface area contributed by atoms with Crippen molar-refractivity contribution in [3.63, 3.8) is 0 Å². The van der Waals surface area contributed by atoms with Gasteiger partial charge < -0.3 is 10.2 Å². The van der Waals surface area contributed by atoms with Crippen molar-refractivity contribution in [2.24, 2.45) is 0 Å². The molecule has 0 aliphatic carbocycles. The molecule has 0 unspecified atom stereocenters. The van der Waals surface area contributed by atoms with Gasteiger partial charge in [0.2, 0.25) is 0 Å². The summed E-state index contributed by atoms with van der Waals surface area (Å²) >= 11 is 3.37. The largest absolute Gasteiger partial charge is 0.348 e. The predicted molar refractivity (Wildman–Crippen MR) is 118 cm³/mol. The summed E-state index contributed by atoms with van der Waals surface area (Å²) in [5, 5.41) is 2.96. The zero-order valence-corrected chi connectivity index (χ0v) is 17.7. The van der Waals surface area contributed by atoms with E-state index < -0.39 is 0 Å². The molecule has 3 aromatic carbocycles. The third-order valence-corrected chi connectivity index (χ3v) is 5.64. The van der Waals surface area contributed by atoms with Gasteiger partial charge in [-0.25, -0.2) is 0 Å². The first-order valence-electron chi connectivity index (χ1n) is 9.55. The molecule has 0 atom stereocenters. The standard InChI is InChI=1S/C24H21BrN2O2/c1-16-3-2-4-20(13-16)24(29)27-12-11-19-14-17(5-10-22(19)27)15-26-23(28)18-6-8-21(25)9-7-18/h2-10,13-14H,11-12,15H2,1H3,(H,26,28). The quantitative estimate of drug-likeness (QED) is 0.617. The Morgan fingerprint density at radius 3 is 2.55 bits per heavy atom. The first-order valence-corrected chi connectivity index (χ1v) is 10.3. The Morgan fingerprint density at radius 1 is 1.00 bits per heavy atom. The monoisotopic (exact) mass is 448 g/mol. The van der Waals surface area contributed by atoms with Gasteiger partial charge in [0, 0.05) is 34.4 Å². The van der Waals surface area contributed by atoms with Crippen molar-refractivity contribution < 1.29 is 9.59 Å². The van der Waals surface area contributed by atoms with E-state index in [-0.39, 0.29) is 11.8 Å². The van der Waals surface area contributed by atoms with Crippen LogP contribution >= 0.6 is 15.9 Å².